The van der Waals surface area contributed by atoms with Crippen molar-refractivity contribution in [3.8, 4) is 5.75 Å². The zero-order chi connectivity index (χ0) is 29.3. The third-order valence-corrected chi connectivity index (χ3v) is 8.48. The van der Waals surface area contributed by atoms with Crippen LogP contribution in [0.15, 0.2) is 101 Å². The number of nitrogens with one attached hydrogen (secondary N) is 3. The molecule has 0 aliphatic rings. The predicted molar refractivity (Wildman–Crippen MR) is 171 cm³/mol. The van der Waals surface area contributed by atoms with Gasteiger partial charge in [-0.2, -0.15) is 0 Å². The van der Waals surface area contributed by atoms with Gasteiger partial charge in [-0.3, -0.25) is 14.4 Å². The summed E-state index contributed by atoms with van der Waals surface area (Å²) in [5.41, 5.74) is 1.89. The van der Waals surface area contributed by atoms with Crippen LogP contribution in [-0.4, -0.2) is 35.1 Å². The molecule has 8 nitrogen and oxygen atoms in total. The highest BCUT2D eigenvalue weighted by Gasteiger charge is 2.16. The van der Waals surface area contributed by atoms with Gasteiger partial charge in [0.1, 0.15) is 11.4 Å². The number of hydrogen-bond donors (Lipinski definition) is 3. The van der Waals surface area contributed by atoms with E-state index < -0.39 is 5.91 Å². The number of carbonyl (C=O) groups excluding carboxylic acids is 3. The Kier molecular flexibility index (Phi) is 9.65. The van der Waals surface area contributed by atoms with Crippen molar-refractivity contribution in [2.45, 2.75) is 11.8 Å². The molecule has 11 heteroatoms. The predicted octanol–water partition coefficient (Wildman–Crippen LogP) is 6.90. The molecule has 0 spiro atoms. The van der Waals surface area contributed by atoms with Crippen molar-refractivity contribution >= 4 is 79.3 Å². The maximum Gasteiger partial charge on any atom is 0.272 e. The number of rotatable bonds is 11. The molecule has 0 saturated carbocycles. The fraction of sp³-hybridized carbons (Fsp3) is 0.0968. The van der Waals surface area contributed by atoms with E-state index >= 15 is 0 Å². The Balaban J connectivity index is 1.21. The van der Waals surface area contributed by atoms with Gasteiger partial charge >= 0.3 is 0 Å². The number of nitrogens with zero attached hydrogens (tertiary/aromatic N) is 1. The molecule has 0 radical (unpaired) electrons. The summed E-state index contributed by atoms with van der Waals surface area (Å²) in [5.74, 6) is -0.110. The third kappa shape index (κ3) is 7.84. The first-order valence-electron chi connectivity index (χ1n) is 13.0. The second-order valence-electron chi connectivity index (χ2n) is 8.79. The maximum absolute atomic E-state index is 13.2. The van der Waals surface area contributed by atoms with Crippen molar-refractivity contribution in [1.82, 2.24) is 10.3 Å². The highest BCUT2D eigenvalue weighted by Crippen LogP contribution is 2.30. The van der Waals surface area contributed by atoms with E-state index in [9.17, 15) is 14.4 Å². The number of aromatic nitrogens is 1. The quantitative estimate of drug-likeness (QED) is 0.110. The highest BCUT2D eigenvalue weighted by atomic mass is 32.2. The van der Waals surface area contributed by atoms with E-state index in [0.29, 0.717) is 23.0 Å². The number of thiazole rings is 1. The van der Waals surface area contributed by atoms with Crippen LogP contribution >= 0.6 is 34.4 Å². The third-order valence-electron chi connectivity index (χ3n) is 5.74. The van der Waals surface area contributed by atoms with E-state index in [1.807, 2.05) is 54.8 Å². The first-order valence-corrected chi connectivity index (χ1v) is 15.6. The lowest BCUT2D eigenvalue weighted by molar-refractivity contribution is -0.114. The van der Waals surface area contributed by atoms with Crippen LogP contribution in [0.4, 0.5) is 10.8 Å². The highest BCUT2D eigenvalue weighted by molar-refractivity contribution is 8.00. The standard InChI is InChI=1S/C31H26N4O4S3/c1-2-39-22-13-14-25-27(17-22)42-31(34-25)35-28(36)19-41-23-11-6-10-21(16-23)32-30(38)26(18-24-12-7-15-40-24)33-29(37)20-8-4-3-5-9-20/h3-18H,2,19H2,1H3,(H,32,38)(H,33,37)(H,34,35,36)/b26-18-. The molecule has 0 aliphatic carbocycles. The van der Waals surface area contributed by atoms with Crippen LogP contribution in [-0.2, 0) is 9.59 Å². The molecule has 3 aromatic carbocycles. The van der Waals surface area contributed by atoms with Crippen LogP contribution in [0.1, 0.15) is 22.2 Å². The number of anilines is 2. The molecule has 42 heavy (non-hydrogen) atoms. The van der Waals surface area contributed by atoms with Crippen LogP contribution in [0.25, 0.3) is 16.3 Å². The summed E-state index contributed by atoms with van der Waals surface area (Å²) >= 11 is 4.18. The maximum atomic E-state index is 13.2. The van der Waals surface area contributed by atoms with E-state index in [0.717, 1.165) is 25.7 Å². The molecule has 0 atom stereocenters. The van der Waals surface area contributed by atoms with E-state index in [1.54, 1.807) is 48.5 Å². The van der Waals surface area contributed by atoms with Gasteiger partial charge in [0.15, 0.2) is 5.13 Å². The molecule has 3 N–H and O–H groups in total. The van der Waals surface area contributed by atoms with E-state index in [2.05, 4.69) is 20.9 Å². The molecule has 0 bridgehead atoms. The lowest BCUT2D eigenvalue weighted by atomic mass is 10.2. The normalized spacial score (nSPS) is 11.2. The van der Waals surface area contributed by atoms with Gasteiger partial charge < -0.3 is 20.7 Å². The Morgan fingerprint density at radius 3 is 2.60 bits per heavy atom. The molecule has 2 heterocycles. The van der Waals surface area contributed by atoms with Crippen molar-refractivity contribution in [1.29, 1.82) is 0 Å². The van der Waals surface area contributed by atoms with Crippen molar-refractivity contribution < 1.29 is 19.1 Å². The molecule has 0 unspecified atom stereocenters. The molecular weight excluding hydrogens is 589 g/mol. The van der Waals surface area contributed by atoms with Gasteiger partial charge in [-0.1, -0.05) is 41.7 Å². The number of benzene rings is 3. The van der Waals surface area contributed by atoms with Gasteiger partial charge in [0.2, 0.25) is 5.91 Å². The number of thiophene rings is 1. The van der Waals surface area contributed by atoms with Crippen LogP contribution in [0.5, 0.6) is 5.75 Å². The van der Waals surface area contributed by atoms with Crippen LogP contribution in [0.2, 0.25) is 0 Å². The van der Waals surface area contributed by atoms with Crippen molar-refractivity contribution in [2.75, 3.05) is 23.0 Å². The van der Waals surface area contributed by atoms with E-state index in [4.69, 9.17) is 4.74 Å². The number of hydrogen-bond acceptors (Lipinski definition) is 8. The molecule has 2 aromatic heterocycles. The second kappa shape index (κ2) is 13.9. The molecule has 0 saturated heterocycles. The minimum Gasteiger partial charge on any atom is -0.494 e. The lowest BCUT2D eigenvalue weighted by Gasteiger charge is -2.12. The van der Waals surface area contributed by atoms with Crippen LogP contribution < -0.4 is 20.7 Å². The zero-order valence-electron chi connectivity index (χ0n) is 22.5. The average molecular weight is 615 g/mol. The van der Waals surface area contributed by atoms with Gasteiger partial charge in [0, 0.05) is 21.0 Å². The topological polar surface area (TPSA) is 109 Å². The monoisotopic (exact) mass is 614 g/mol. The molecule has 0 aliphatic heterocycles. The van der Waals surface area contributed by atoms with Crippen LogP contribution in [0.3, 0.4) is 0 Å². The summed E-state index contributed by atoms with van der Waals surface area (Å²) in [4.78, 5) is 44.8. The van der Waals surface area contributed by atoms with Gasteiger partial charge in [0.05, 0.1) is 22.6 Å². The van der Waals surface area contributed by atoms with Gasteiger partial charge in [-0.25, -0.2) is 4.98 Å². The minimum absolute atomic E-state index is 0.118. The fourth-order valence-corrected chi connectivity index (χ4v) is 6.16. The van der Waals surface area contributed by atoms with Gasteiger partial charge in [0.25, 0.3) is 11.8 Å². The lowest BCUT2D eigenvalue weighted by Crippen LogP contribution is -2.30. The summed E-state index contributed by atoms with van der Waals surface area (Å²) in [5, 5.41) is 10.9. The number of fused-ring (bicyclic) bond motifs is 1. The first kappa shape index (κ1) is 29.1. The number of amides is 3. The smallest absolute Gasteiger partial charge is 0.272 e. The van der Waals surface area contributed by atoms with E-state index in [-0.39, 0.29) is 23.3 Å². The minimum atomic E-state index is -0.462. The molecule has 3 amide bonds. The number of thioether (sulfide) groups is 1. The summed E-state index contributed by atoms with van der Waals surface area (Å²) in [6, 6.07) is 25.3. The first-order chi connectivity index (χ1) is 20.5. The molecule has 5 rings (SSSR count). The Morgan fingerprint density at radius 1 is 0.952 bits per heavy atom. The van der Waals surface area contributed by atoms with Crippen molar-refractivity contribution in [3.05, 3.63) is 106 Å². The van der Waals surface area contributed by atoms with Gasteiger partial charge in [-0.15, -0.1) is 23.1 Å². The molecule has 212 valence electrons. The number of carbonyl (C=O) groups is 3. The van der Waals surface area contributed by atoms with Crippen LogP contribution in [0, 0.1) is 0 Å². The summed E-state index contributed by atoms with van der Waals surface area (Å²) < 4.78 is 6.47. The Morgan fingerprint density at radius 2 is 1.81 bits per heavy atom. The Labute approximate surface area is 254 Å². The fourth-order valence-electron chi connectivity index (χ4n) is 3.84. The van der Waals surface area contributed by atoms with Gasteiger partial charge in [-0.05, 0) is 73.0 Å². The molecule has 5 aromatic rings. The molecule has 0 fully saturated rings. The summed E-state index contributed by atoms with van der Waals surface area (Å²) in [6.07, 6.45) is 1.64. The SMILES string of the molecule is CCOc1ccc2nc(NC(=O)CSc3cccc(NC(=O)/C(=C/c4cccs4)NC(=O)c4ccccc4)c3)sc2c1. The average Bonchev–Trinajstić information content (AvgIpc) is 3.66. The second-order valence-corrected chi connectivity index (χ2v) is 11.9. The summed E-state index contributed by atoms with van der Waals surface area (Å²) in [6.45, 7) is 2.50. The number of ether oxygens (including phenoxy) is 1. The molecular formula is C31H26N4O4S3. The Hall–Kier alpha value is -4.45. The zero-order valence-corrected chi connectivity index (χ0v) is 24.9. The van der Waals surface area contributed by atoms with Crippen molar-refractivity contribution in [2.24, 2.45) is 0 Å². The largest absolute Gasteiger partial charge is 0.494 e. The Bertz CT molecular complexity index is 1730. The summed E-state index contributed by atoms with van der Waals surface area (Å²) in [7, 11) is 0. The van der Waals surface area contributed by atoms with Crippen molar-refractivity contribution in [3.63, 3.8) is 0 Å². The van der Waals surface area contributed by atoms with E-state index in [1.165, 1.54) is 34.4 Å².